The number of thiocarbonyl (C=S) groups is 1. The molecule has 1 amide bonds. The van der Waals surface area contributed by atoms with Gasteiger partial charge >= 0.3 is 0 Å². The highest BCUT2D eigenvalue weighted by Crippen LogP contribution is 2.34. The molecule has 0 radical (unpaired) electrons. The van der Waals surface area contributed by atoms with E-state index in [1.807, 2.05) is 0 Å². The molecule has 1 fully saturated rings. The van der Waals surface area contributed by atoms with Crippen LogP contribution in [0.25, 0.3) is 0 Å². The normalized spacial score (nSPS) is 15.6. The van der Waals surface area contributed by atoms with E-state index in [2.05, 4.69) is 5.10 Å². The van der Waals surface area contributed by atoms with Crippen molar-refractivity contribution in [1.82, 2.24) is 5.01 Å². The molecule has 0 spiro atoms. The van der Waals surface area contributed by atoms with Crippen molar-refractivity contribution >= 4 is 52.0 Å². The Morgan fingerprint density at radius 3 is 2.95 bits per heavy atom. The summed E-state index contributed by atoms with van der Waals surface area (Å²) in [7, 11) is 1.42. The maximum Gasteiger partial charge on any atom is 0.259 e. The highest BCUT2D eigenvalue weighted by molar-refractivity contribution is 8.23. The van der Waals surface area contributed by atoms with Crippen LogP contribution in [0.1, 0.15) is 5.56 Å². The zero-order valence-electron chi connectivity index (χ0n) is 9.79. The van der Waals surface area contributed by atoms with Crippen LogP contribution in [-0.2, 0) is 4.79 Å². The molecule has 0 aromatic heterocycles. The first-order valence-electron chi connectivity index (χ1n) is 5.13. The fourth-order valence-electron chi connectivity index (χ4n) is 1.41. The van der Waals surface area contributed by atoms with Gasteiger partial charge in [0.2, 0.25) is 0 Å². The SMILES string of the molecule is COc1cc(/C=N\N2C(=O)CSC2=S)cc(Cl)c1O. The van der Waals surface area contributed by atoms with Crippen molar-refractivity contribution in [3.63, 3.8) is 0 Å². The number of rotatable bonds is 3. The molecule has 100 valence electrons. The van der Waals surface area contributed by atoms with Gasteiger partial charge in [-0.1, -0.05) is 35.6 Å². The molecule has 0 bridgehead atoms. The monoisotopic (exact) mass is 316 g/mol. The second-order valence-electron chi connectivity index (χ2n) is 3.56. The third-order valence-electron chi connectivity index (χ3n) is 2.32. The van der Waals surface area contributed by atoms with Gasteiger partial charge in [0.25, 0.3) is 5.91 Å². The number of halogens is 1. The van der Waals surface area contributed by atoms with Crippen LogP contribution in [0, 0.1) is 0 Å². The highest BCUT2D eigenvalue weighted by atomic mass is 35.5. The maximum atomic E-state index is 11.5. The van der Waals surface area contributed by atoms with Crippen molar-refractivity contribution in [2.24, 2.45) is 5.10 Å². The summed E-state index contributed by atoms with van der Waals surface area (Å²) >= 11 is 12.1. The van der Waals surface area contributed by atoms with E-state index >= 15 is 0 Å². The van der Waals surface area contributed by atoms with Gasteiger partial charge in [0.15, 0.2) is 15.8 Å². The third kappa shape index (κ3) is 2.99. The molecule has 1 aromatic rings. The molecule has 0 unspecified atom stereocenters. The average molecular weight is 317 g/mol. The van der Waals surface area contributed by atoms with Crippen LogP contribution in [-0.4, -0.2) is 39.4 Å². The molecule has 1 aliphatic heterocycles. The quantitative estimate of drug-likeness (QED) is 0.684. The molecule has 0 aliphatic carbocycles. The molecule has 2 rings (SSSR count). The largest absolute Gasteiger partial charge is 0.503 e. The topological polar surface area (TPSA) is 62.1 Å². The van der Waals surface area contributed by atoms with Crippen LogP contribution in [0.5, 0.6) is 11.5 Å². The molecule has 1 aromatic carbocycles. The lowest BCUT2D eigenvalue weighted by Crippen LogP contribution is -2.22. The van der Waals surface area contributed by atoms with Crippen LogP contribution in [0.3, 0.4) is 0 Å². The lowest BCUT2D eigenvalue weighted by molar-refractivity contribution is -0.123. The number of carbonyl (C=O) groups excluding carboxylic acids is 1. The summed E-state index contributed by atoms with van der Waals surface area (Å²) in [4.78, 5) is 11.5. The molecule has 5 nitrogen and oxygen atoms in total. The smallest absolute Gasteiger partial charge is 0.259 e. The highest BCUT2D eigenvalue weighted by Gasteiger charge is 2.25. The van der Waals surface area contributed by atoms with E-state index in [9.17, 15) is 9.90 Å². The second-order valence-corrected chi connectivity index (χ2v) is 5.57. The van der Waals surface area contributed by atoms with E-state index in [1.165, 1.54) is 31.2 Å². The Kier molecular flexibility index (Phi) is 4.28. The lowest BCUT2D eigenvalue weighted by Gasteiger charge is -2.08. The van der Waals surface area contributed by atoms with Gasteiger partial charge < -0.3 is 9.84 Å². The standard InChI is InChI=1S/C11H9ClN2O3S2/c1-17-8-3-6(2-7(12)10(8)16)4-13-14-9(15)5-19-11(14)18/h2-4,16H,5H2,1H3/b13-4-. The van der Waals surface area contributed by atoms with Crippen molar-refractivity contribution in [1.29, 1.82) is 0 Å². The number of hydrazone groups is 1. The van der Waals surface area contributed by atoms with Gasteiger partial charge in [0.1, 0.15) is 0 Å². The van der Waals surface area contributed by atoms with Crippen molar-refractivity contribution in [2.75, 3.05) is 12.9 Å². The van der Waals surface area contributed by atoms with Crippen LogP contribution in [0.15, 0.2) is 17.2 Å². The zero-order chi connectivity index (χ0) is 14.0. The average Bonchev–Trinajstić information content (AvgIpc) is 2.70. The van der Waals surface area contributed by atoms with Crippen LogP contribution in [0.2, 0.25) is 5.02 Å². The summed E-state index contributed by atoms with van der Waals surface area (Å²) in [6.45, 7) is 0. The van der Waals surface area contributed by atoms with Crippen molar-refractivity contribution in [2.45, 2.75) is 0 Å². The van der Waals surface area contributed by atoms with Crippen molar-refractivity contribution in [3.8, 4) is 11.5 Å². The fourth-order valence-corrected chi connectivity index (χ4v) is 2.59. The zero-order valence-corrected chi connectivity index (χ0v) is 12.2. The van der Waals surface area contributed by atoms with E-state index in [-0.39, 0.29) is 22.4 Å². The molecule has 19 heavy (non-hydrogen) atoms. The third-order valence-corrected chi connectivity index (χ3v) is 3.95. The van der Waals surface area contributed by atoms with Gasteiger partial charge in [-0.15, -0.1) is 0 Å². The number of nitrogens with zero attached hydrogens (tertiary/aromatic N) is 2. The molecule has 1 heterocycles. The van der Waals surface area contributed by atoms with Gasteiger partial charge in [-0.25, -0.2) is 0 Å². The predicted molar refractivity (Wildman–Crippen MR) is 79.2 cm³/mol. The summed E-state index contributed by atoms with van der Waals surface area (Å²) < 4.78 is 5.39. The minimum absolute atomic E-state index is 0.135. The minimum atomic E-state index is -0.164. The van der Waals surface area contributed by atoms with E-state index in [4.69, 9.17) is 28.6 Å². The number of thioether (sulfide) groups is 1. The first-order chi connectivity index (χ1) is 9.02. The minimum Gasteiger partial charge on any atom is -0.503 e. The Hall–Kier alpha value is -1.31. The Bertz CT molecular complexity index is 561. The predicted octanol–water partition coefficient (Wildman–Crippen LogP) is 2.25. The molecular weight excluding hydrogens is 308 g/mol. The maximum absolute atomic E-state index is 11.5. The Morgan fingerprint density at radius 1 is 1.63 bits per heavy atom. The number of benzene rings is 1. The van der Waals surface area contributed by atoms with Gasteiger partial charge in [-0.2, -0.15) is 10.1 Å². The number of aromatic hydroxyl groups is 1. The fraction of sp³-hybridized carbons (Fsp3) is 0.182. The molecular formula is C11H9ClN2O3S2. The molecule has 1 aliphatic rings. The van der Waals surface area contributed by atoms with E-state index in [0.29, 0.717) is 15.6 Å². The van der Waals surface area contributed by atoms with Gasteiger partial charge in [-0.3, -0.25) is 4.79 Å². The number of hydrogen-bond acceptors (Lipinski definition) is 6. The molecule has 0 saturated carbocycles. The van der Waals surface area contributed by atoms with Crippen molar-refractivity contribution < 1.29 is 14.6 Å². The first-order valence-corrected chi connectivity index (χ1v) is 6.90. The number of methoxy groups -OCH3 is 1. The molecule has 0 atom stereocenters. The molecule has 1 saturated heterocycles. The summed E-state index contributed by atoms with van der Waals surface area (Å²) in [6, 6.07) is 3.07. The number of phenols is 1. The molecule has 1 N–H and O–H groups in total. The summed E-state index contributed by atoms with van der Waals surface area (Å²) in [5, 5.41) is 14.9. The van der Waals surface area contributed by atoms with Crippen LogP contribution in [0.4, 0.5) is 0 Å². The Balaban J connectivity index is 2.26. The number of carbonyl (C=O) groups is 1. The first kappa shape index (κ1) is 14.1. The summed E-state index contributed by atoms with van der Waals surface area (Å²) in [5.41, 5.74) is 0.590. The van der Waals surface area contributed by atoms with Gasteiger partial charge in [0, 0.05) is 0 Å². The van der Waals surface area contributed by atoms with Crippen LogP contribution >= 0.6 is 35.6 Å². The summed E-state index contributed by atoms with van der Waals surface area (Å²) in [5.74, 6) is 0.238. The van der Waals surface area contributed by atoms with Gasteiger partial charge in [0.05, 0.1) is 24.1 Å². The summed E-state index contributed by atoms with van der Waals surface area (Å²) in [6.07, 6.45) is 1.43. The second kappa shape index (κ2) is 5.77. The Labute approximate surface area is 124 Å². The van der Waals surface area contributed by atoms with E-state index in [1.54, 1.807) is 6.07 Å². The van der Waals surface area contributed by atoms with Crippen LogP contribution < -0.4 is 4.74 Å². The number of ether oxygens (including phenoxy) is 1. The van der Waals surface area contributed by atoms with Gasteiger partial charge in [-0.05, 0) is 17.7 Å². The van der Waals surface area contributed by atoms with E-state index in [0.717, 1.165) is 5.01 Å². The number of hydrogen-bond donors (Lipinski definition) is 1. The number of phenolic OH excluding ortho intramolecular Hbond substituents is 1. The lowest BCUT2D eigenvalue weighted by atomic mass is 10.2. The Morgan fingerprint density at radius 2 is 2.37 bits per heavy atom. The van der Waals surface area contributed by atoms with E-state index < -0.39 is 0 Å². The van der Waals surface area contributed by atoms with Crippen molar-refractivity contribution in [3.05, 3.63) is 22.7 Å². The number of amides is 1. The molecule has 8 heteroatoms.